The van der Waals surface area contributed by atoms with Gasteiger partial charge in [-0.2, -0.15) is 0 Å². The smallest absolute Gasteiger partial charge is 0.324 e. The van der Waals surface area contributed by atoms with Crippen molar-refractivity contribution >= 4 is 11.9 Å². The van der Waals surface area contributed by atoms with Crippen LogP contribution < -0.4 is 0 Å². The Labute approximate surface area is 121 Å². The third-order valence-electron chi connectivity index (χ3n) is 3.47. The van der Waals surface area contributed by atoms with Crippen molar-refractivity contribution in [2.24, 2.45) is 11.3 Å². The highest BCUT2D eigenvalue weighted by atomic mass is 19.2. The van der Waals surface area contributed by atoms with Crippen molar-refractivity contribution in [2.45, 2.75) is 27.2 Å². The van der Waals surface area contributed by atoms with Gasteiger partial charge in [0.15, 0.2) is 17.0 Å². The van der Waals surface area contributed by atoms with Crippen LogP contribution in [0.2, 0.25) is 0 Å². The number of halogens is 2. The molecule has 6 heteroatoms. The summed E-state index contributed by atoms with van der Waals surface area (Å²) in [6, 6.07) is 3.06. The first kappa shape index (κ1) is 17.1. The van der Waals surface area contributed by atoms with Crippen LogP contribution in [0.1, 0.15) is 26.3 Å². The average Bonchev–Trinajstić information content (AvgIpc) is 2.39. The zero-order valence-electron chi connectivity index (χ0n) is 12.2. The van der Waals surface area contributed by atoms with Gasteiger partial charge in [0.1, 0.15) is 0 Å². The summed E-state index contributed by atoms with van der Waals surface area (Å²) in [6.45, 7) is 4.76. The monoisotopic (exact) mass is 300 g/mol. The van der Waals surface area contributed by atoms with Gasteiger partial charge in [-0.25, -0.2) is 8.78 Å². The molecule has 0 aliphatic heterocycles. The predicted molar refractivity (Wildman–Crippen MR) is 71.6 cm³/mol. The molecule has 1 unspecified atom stereocenters. The molecular weight excluding hydrogens is 282 g/mol. The standard InChI is InChI=1S/C15H18F2O4/c1-4-21-14(20)15(9(2)3,13(18)19)8-10-5-6-11(16)12(17)7-10/h5-7,9H,4,8H2,1-3H3,(H,18,19). The molecule has 0 radical (unpaired) electrons. The normalized spacial score (nSPS) is 13.8. The lowest BCUT2D eigenvalue weighted by atomic mass is 9.72. The molecule has 0 aliphatic rings. The van der Waals surface area contributed by atoms with Gasteiger partial charge in [0.05, 0.1) is 6.61 Å². The summed E-state index contributed by atoms with van der Waals surface area (Å²) >= 11 is 0. The van der Waals surface area contributed by atoms with E-state index in [1.807, 2.05) is 0 Å². The number of carbonyl (C=O) groups is 2. The lowest BCUT2D eigenvalue weighted by Crippen LogP contribution is -2.47. The molecule has 0 heterocycles. The Balaban J connectivity index is 3.26. The Morgan fingerprint density at radius 1 is 1.29 bits per heavy atom. The van der Waals surface area contributed by atoms with Gasteiger partial charge in [-0.15, -0.1) is 0 Å². The van der Waals surface area contributed by atoms with Gasteiger partial charge in [0.25, 0.3) is 0 Å². The topological polar surface area (TPSA) is 63.6 Å². The lowest BCUT2D eigenvalue weighted by molar-refractivity contribution is -0.172. The number of aliphatic carboxylic acids is 1. The van der Waals surface area contributed by atoms with E-state index in [2.05, 4.69) is 0 Å². The van der Waals surface area contributed by atoms with E-state index in [1.54, 1.807) is 20.8 Å². The number of ether oxygens (including phenoxy) is 1. The van der Waals surface area contributed by atoms with E-state index in [-0.39, 0.29) is 18.6 Å². The summed E-state index contributed by atoms with van der Waals surface area (Å²) in [7, 11) is 0. The van der Waals surface area contributed by atoms with Crippen molar-refractivity contribution < 1.29 is 28.2 Å². The van der Waals surface area contributed by atoms with E-state index in [1.165, 1.54) is 6.07 Å². The van der Waals surface area contributed by atoms with Crippen LogP contribution in [0.5, 0.6) is 0 Å². The highest BCUT2D eigenvalue weighted by Gasteiger charge is 2.50. The van der Waals surface area contributed by atoms with Crippen molar-refractivity contribution in [2.75, 3.05) is 6.61 Å². The van der Waals surface area contributed by atoms with E-state index >= 15 is 0 Å². The van der Waals surface area contributed by atoms with E-state index in [4.69, 9.17) is 4.74 Å². The Morgan fingerprint density at radius 3 is 2.33 bits per heavy atom. The maximum absolute atomic E-state index is 13.3. The Kier molecular flexibility index (Phi) is 5.41. The van der Waals surface area contributed by atoms with Crippen LogP contribution in [0.4, 0.5) is 8.78 Å². The number of hydrogen-bond donors (Lipinski definition) is 1. The van der Waals surface area contributed by atoms with Gasteiger partial charge < -0.3 is 9.84 Å². The molecule has 0 aliphatic carbocycles. The number of benzene rings is 1. The molecule has 1 rings (SSSR count). The second kappa shape index (κ2) is 6.65. The Hall–Kier alpha value is -1.98. The molecule has 0 spiro atoms. The molecule has 21 heavy (non-hydrogen) atoms. The summed E-state index contributed by atoms with van der Waals surface area (Å²) in [4.78, 5) is 23.8. The van der Waals surface area contributed by atoms with Crippen LogP contribution in [-0.4, -0.2) is 23.7 Å². The SMILES string of the molecule is CCOC(=O)C(Cc1ccc(F)c(F)c1)(C(=O)O)C(C)C. The minimum absolute atomic E-state index is 0.0400. The van der Waals surface area contributed by atoms with Crippen LogP contribution in [0.15, 0.2) is 18.2 Å². The molecule has 4 nitrogen and oxygen atoms in total. The molecule has 1 aromatic rings. The number of carbonyl (C=O) groups excluding carboxylic acids is 1. The zero-order valence-corrected chi connectivity index (χ0v) is 12.2. The maximum atomic E-state index is 13.3. The lowest BCUT2D eigenvalue weighted by Gasteiger charge is -2.31. The summed E-state index contributed by atoms with van der Waals surface area (Å²) in [6.07, 6.45) is -0.268. The van der Waals surface area contributed by atoms with Crippen LogP contribution in [0.25, 0.3) is 0 Å². The largest absolute Gasteiger partial charge is 0.480 e. The Morgan fingerprint density at radius 2 is 1.90 bits per heavy atom. The Bertz CT molecular complexity index is 542. The minimum Gasteiger partial charge on any atom is -0.480 e. The first-order chi connectivity index (χ1) is 9.75. The van der Waals surface area contributed by atoms with Gasteiger partial charge in [-0.1, -0.05) is 19.9 Å². The third kappa shape index (κ3) is 3.37. The third-order valence-corrected chi connectivity index (χ3v) is 3.47. The number of hydrogen-bond acceptors (Lipinski definition) is 3. The summed E-state index contributed by atoms with van der Waals surface area (Å²) in [5, 5.41) is 9.51. The molecule has 0 saturated carbocycles. The molecule has 0 aromatic heterocycles. The molecule has 1 atom stereocenters. The molecular formula is C15H18F2O4. The van der Waals surface area contributed by atoms with Crippen LogP contribution in [0, 0.1) is 23.0 Å². The molecule has 1 N–H and O–H groups in total. The maximum Gasteiger partial charge on any atom is 0.324 e. The molecule has 0 fully saturated rings. The van der Waals surface area contributed by atoms with Gasteiger partial charge in [0, 0.05) is 0 Å². The second-order valence-electron chi connectivity index (χ2n) is 5.08. The molecule has 0 amide bonds. The quantitative estimate of drug-likeness (QED) is 0.648. The van der Waals surface area contributed by atoms with Gasteiger partial charge in [-0.3, -0.25) is 9.59 Å². The molecule has 0 saturated heterocycles. The minimum atomic E-state index is -1.83. The molecule has 116 valence electrons. The summed E-state index contributed by atoms with van der Waals surface area (Å²) in [5.41, 5.74) is -1.61. The molecule has 0 bridgehead atoms. The highest BCUT2D eigenvalue weighted by Crippen LogP contribution is 2.34. The fourth-order valence-corrected chi connectivity index (χ4v) is 2.15. The number of carboxylic acid groups (broad SMARTS) is 1. The van der Waals surface area contributed by atoms with E-state index in [0.717, 1.165) is 12.1 Å². The summed E-state index contributed by atoms with van der Waals surface area (Å²) in [5.74, 6) is -4.92. The average molecular weight is 300 g/mol. The van der Waals surface area contributed by atoms with Gasteiger partial charge in [-0.05, 0) is 37.0 Å². The van der Waals surface area contributed by atoms with Gasteiger partial charge in [0.2, 0.25) is 0 Å². The van der Waals surface area contributed by atoms with E-state index in [0.29, 0.717) is 0 Å². The summed E-state index contributed by atoms with van der Waals surface area (Å²) < 4.78 is 31.1. The fraction of sp³-hybridized carbons (Fsp3) is 0.467. The highest BCUT2D eigenvalue weighted by molar-refractivity contribution is 5.99. The van der Waals surface area contributed by atoms with Crippen LogP contribution in [-0.2, 0) is 20.7 Å². The van der Waals surface area contributed by atoms with Crippen LogP contribution in [0.3, 0.4) is 0 Å². The number of esters is 1. The first-order valence-corrected chi connectivity index (χ1v) is 6.60. The fourth-order valence-electron chi connectivity index (χ4n) is 2.15. The molecule has 1 aromatic carbocycles. The second-order valence-corrected chi connectivity index (χ2v) is 5.08. The number of rotatable bonds is 6. The first-order valence-electron chi connectivity index (χ1n) is 6.60. The zero-order chi connectivity index (χ0) is 16.2. The van der Waals surface area contributed by atoms with E-state index < -0.39 is 34.9 Å². The van der Waals surface area contributed by atoms with Crippen molar-refractivity contribution in [3.63, 3.8) is 0 Å². The number of carboxylic acids is 1. The predicted octanol–water partition coefficient (Wildman–Crippen LogP) is 2.80. The van der Waals surface area contributed by atoms with Gasteiger partial charge >= 0.3 is 11.9 Å². The van der Waals surface area contributed by atoms with Crippen molar-refractivity contribution in [1.29, 1.82) is 0 Å². The van der Waals surface area contributed by atoms with Crippen molar-refractivity contribution in [3.05, 3.63) is 35.4 Å². The van der Waals surface area contributed by atoms with E-state index in [9.17, 15) is 23.5 Å². The van der Waals surface area contributed by atoms with Crippen molar-refractivity contribution in [1.82, 2.24) is 0 Å². The van der Waals surface area contributed by atoms with Crippen molar-refractivity contribution in [3.8, 4) is 0 Å². The van der Waals surface area contributed by atoms with Crippen LogP contribution >= 0.6 is 0 Å².